The van der Waals surface area contributed by atoms with Gasteiger partial charge < -0.3 is 14.6 Å². The number of aliphatic carboxylic acids is 1. The van der Waals surface area contributed by atoms with Crippen LogP contribution < -0.4 is 0 Å². The number of ether oxygens (including phenoxy) is 2. The molecule has 0 bridgehead atoms. The van der Waals surface area contributed by atoms with Gasteiger partial charge in [-0.1, -0.05) is 7.43 Å². The highest BCUT2D eigenvalue weighted by atomic mass is 32.2. The third-order valence-corrected chi connectivity index (χ3v) is 4.22. The maximum atomic E-state index is 12.1. The van der Waals surface area contributed by atoms with E-state index in [-0.39, 0.29) is 13.3 Å². The maximum Gasteiger partial charge on any atom is 0.411 e. The van der Waals surface area contributed by atoms with Gasteiger partial charge in [0, 0.05) is 0 Å². The van der Waals surface area contributed by atoms with E-state index in [1.54, 1.807) is 20.8 Å². The highest BCUT2D eigenvalue weighted by Crippen LogP contribution is 2.41. The first-order valence-electron chi connectivity index (χ1n) is 5.97. The second kappa shape index (κ2) is 6.55. The van der Waals surface area contributed by atoms with Crippen LogP contribution in [0, 0.1) is 0 Å². The molecule has 0 radical (unpaired) electrons. The molecular weight excluding hydrogens is 298 g/mol. The van der Waals surface area contributed by atoms with Crippen molar-refractivity contribution in [3.05, 3.63) is 0 Å². The van der Waals surface area contributed by atoms with E-state index >= 15 is 0 Å². The van der Waals surface area contributed by atoms with Crippen LogP contribution in [0.1, 0.15) is 35.1 Å². The third kappa shape index (κ3) is 4.03. The van der Waals surface area contributed by atoms with Crippen molar-refractivity contribution in [1.82, 2.24) is 4.90 Å². The number of hydrogen-bond donors (Lipinski definition) is 1. The van der Waals surface area contributed by atoms with E-state index in [0.717, 1.165) is 23.8 Å². The fourth-order valence-corrected chi connectivity index (χ4v) is 2.94. The van der Waals surface area contributed by atoms with Crippen LogP contribution in [-0.2, 0) is 19.1 Å². The number of carboxylic acid groups (broad SMARTS) is 1. The number of amides is 1. The van der Waals surface area contributed by atoms with Crippen molar-refractivity contribution in [3.8, 4) is 0 Å². The van der Waals surface area contributed by atoms with Crippen molar-refractivity contribution < 1.29 is 29.0 Å². The second-order valence-electron chi connectivity index (χ2n) is 5.56. The summed E-state index contributed by atoms with van der Waals surface area (Å²) in [5.74, 6) is -1.90. The molecule has 1 aliphatic rings. The summed E-state index contributed by atoms with van der Waals surface area (Å²) in [7, 11) is 1.15. The number of methoxy groups -OCH3 is 1. The van der Waals surface area contributed by atoms with Gasteiger partial charge in [0.2, 0.25) is 0 Å². The molecule has 21 heavy (non-hydrogen) atoms. The van der Waals surface area contributed by atoms with Gasteiger partial charge in [-0.25, -0.2) is 9.59 Å². The first-order valence-corrected chi connectivity index (χ1v) is 6.96. The van der Waals surface area contributed by atoms with E-state index in [1.807, 2.05) is 0 Å². The average Bonchev–Trinajstić information content (AvgIpc) is 2.65. The average molecular weight is 321 g/mol. The summed E-state index contributed by atoms with van der Waals surface area (Å²) in [5, 5.41) is 9.31. The number of esters is 1. The van der Waals surface area contributed by atoms with E-state index in [2.05, 4.69) is 4.74 Å². The van der Waals surface area contributed by atoms with Crippen molar-refractivity contribution in [3.63, 3.8) is 0 Å². The lowest BCUT2D eigenvalue weighted by atomic mass is 10.0. The van der Waals surface area contributed by atoms with Gasteiger partial charge in [-0.15, -0.1) is 11.8 Å². The summed E-state index contributed by atoms with van der Waals surface area (Å²) >= 11 is 0.992. The molecule has 2 unspecified atom stereocenters. The Morgan fingerprint density at radius 3 is 2.24 bits per heavy atom. The van der Waals surface area contributed by atoms with Crippen LogP contribution in [0.3, 0.4) is 0 Å². The van der Waals surface area contributed by atoms with Crippen LogP contribution in [0.4, 0.5) is 4.79 Å². The number of carboxylic acids is 1. The molecule has 0 saturated carbocycles. The molecule has 0 aromatic rings. The topological polar surface area (TPSA) is 93.1 Å². The maximum absolute atomic E-state index is 12.1. The van der Waals surface area contributed by atoms with Crippen molar-refractivity contribution in [2.45, 2.75) is 51.5 Å². The van der Waals surface area contributed by atoms with Crippen molar-refractivity contribution in [1.29, 1.82) is 0 Å². The summed E-state index contributed by atoms with van der Waals surface area (Å²) in [6.45, 7) is 6.47. The Morgan fingerprint density at radius 1 is 1.33 bits per heavy atom. The van der Waals surface area contributed by atoms with E-state index in [0.29, 0.717) is 0 Å². The number of thioether (sulfide) groups is 1. The van der Waals surface area contributed by atoms with E-state index in [1.165, 1.54) is 6.92 Å². The minimum absolute atomic E-state index is 0. The largest absolute Gasteiger partial charge is 0.480 e. The summed E-state index contributed by atoms with van der Waals surface area (Å²) in [6, 6.07) is -1.22. The van der Waals surface area contributed by atoms with Gasteiger partial charge >= 0.3 is 18.0 Å². The normalized spacial score (nSPS) is 25.0. The van der Waals surface area contributed by atoms with E-state index < -0.39 is 34.4 Å². The second-order valence-corrected chi connectivity index (χ2v) is 6.96. The molecule has 0 aromatic carbocycles. The Morgan fingerprint density at radius 2 is 1.86 bits per heavy atom. The molecule has 0 aromatic heterocycles. The van der Waals surface area contributed by atoms with Crippen molar-refractivity contribution in [2.24, 2.45) is 0 Å². The zero-order valence-corrected chi connectivity index (χ0v) is 12.9. The number of nitrogens with zero attached hydrogens (tertiary/aromatic N) is 1. The Balaban J connectivity index is 0.00000400. The molecule has 1 saturated heterocycles. The van der Waals surface area contributed by atoms with Gasteiger partial charge in [0.05, 0.1) is 13.0 Å². The SMILES string of the molecule is C.COC(=O)C1N(C(=O)OC(C)(C)C)CSC1(C)C(=O)O. The van der Waals surface area contributed by atoms with Gasteiger partial charge in [-0.3, -0.25) is 9.69 Å². The Kier molecular flexibility index (Phi) is 6.10. The van der Waals surface area contributed by atoms with Gasteiger partial charge in [0.15, 0.2) is 6.04 Å². The lowest BCUT2D eigenvalue weighted by Crippen LogP contribution is -2.54. The molecule has 0 spiro atoms. The molecule has 1 rings (SSSR count). The highest BCUT2D eigenvalue weighted by molar-refractivity contribution is 8.01. The van der Waals surface area contributed by atoms with Crippen LogP contribution in [0.25, 0.3) is 0 Å². The number of carbonyl (C=O) groups is 3. The summed E-state index contributed by atoms with van der Waals surface area (Å²) < 4.78 is 8.36. The smallest absolute Gasteiger partial charge is 0.411 e. The van der Waals surface area contributed by atoms with Gasteiger partial charge in [-0.05, 0) is 27.7 Å². The van der Waals surface area contributed by atoms with Crippen LogP contribution >= 0.6 is 11.8 Å². The minimum Gasteiger partial charge on any atom is -0.480 e. The molecule has 1 N–H and O–H groups in total. The molecule has 1 heterocycles. The highest BCUT2D eigenvalue weighted by Gasteiger charge is 2.57. The fraction of sp³-hybridized carbons (Fsp3) is 0.769. The quantitative estimate of drug-likeness (QED) is 0.777. The molecule has 8 heteroatoms. The molecule has 1 aliphatic heterocycles. The first kappa shape index (κ1) is 19.6. The predicted octanol–water partition coefficient (Wildman–Crippen LogP) is 1.95. The monoisotopic (exact) mass is 321 g/mol. The summed E-state index contributed by atoms with van der Waals surface area (Å²) in [4.78, 5) is 36.5. The predicted molar refractivity (Wildman–Crippen MR) is 79.1 cm³/mol. The zero-order valence-electron chi connectivity index (χ0n) is 12.1. The molecule has 122 valence electrons. The lowest BCUT2D eigenvalue weighted by Gasteiger charge is -2.30. The van der Waals surface area contributed by atoms with Crippen molar-refractivity contribution >= 4 is 29.8 Å². The number of rotatable bonds is 2. The fourth-order valence-electron chi connectivity index (χ4n) is 1.78. The molecule has 0 aliphatic carbocycles. The van der Waals surface area contributed by atoms with Crippen LogP contribution in [-0.4, -0.2) is 57.4 Å². The molecule has 1 amide bonds. The Bertz CT molecular complexity index is 433. The van der Waals surface area contributed by atoms with Crippen LogP contribution in [0.15, 0.2) is 0 Å². The van der Waals surface area contributed by atoms with Crippen LogP contribution in [0.2, 0.25) is 0 Å². The van der Waals surface area contributed by atoms with Gasteiger partial charge in [0.25, 0.3) is 0 Å². The van der Waals surface area contributed by atoms with E-state index in [4.69, 9.17) is 4.74 Å². The van der Waals surface area contributed by atoms with Crippen molar-refractivity contribution in [2.75, 3.05) is 13.0 Å². The molecule has 2 atom stereocenters. The Hall–Kier alpha value is -1.44. The number of carbonyl (C=O) groups excluding carboxylic acids is 2. The van der Waals surface area contributed by atoms with Gasteiger partial charge in [0.1, 0.15) is 10.3 Å². The summed E-state index contributed by atoms with van der Waals surface area (Å²) in [6.07, 6.45) is -0.731. The zero-order chi connectivity index (χ0) is 15.7. The number of hydrogen-bond acceptors (Lipinski definition) is 6. The van der Waals surface area contributed by atoms with Crippen LogP contribution in [0.5, 0.6) is 0 Å². The third-order valence-electron chi connectivity index (χ3n) is 2.81. The summed E-state index contributed by atoms with van der Waals surface area (Å²) in [5.41, 5.74) is -0.732. The molecule has 1 fully saturated rings. The standard InChI is InChI=1S/C12H19NO6S.CH4/c1-11(2,3)19-10(17)13-6-20-12(4,9(15)16)7(13)8(14)18-5;/h7H,6H2,1-5H3,(H,15,16);1H4. The van der Waals surface area contributed by atoms with E-state index in [9.17, 15) is 19.5 Å². The molecular formula is C13H23NO6S. The molecule has 7 nitrogen and oxygen atoms in total. The lowest BCUT2D eigenvalue weighted by molar-refractivity contribution is -0.153. The minimum atomic E-state index is -1.45. The van der Waals surface area contributed by atoms with Gasteiger partial charge in [-0.2, -0.15) is 0 Å². The Labute approximate surface area is 129 Å². The first-order chi connectivity index (χ1) is 9.03.